The summed E-state index contributed by atoms with van der Waals surface area (Å²) in [5.41, 5.74) is 10.1. The van der Waals surface area contributed by atoms with Gasteiger partial charge in [0, 0.05) is 60.9 Å². The standard InChI is InChI=1S/C35H48N8O2S.C2H6.CH4O/c1-22(2)43-17-16-42(21-35(43)13-14-35)29-18-30(45-23(3)27-11-7-15-41(27)4)39-34(38-29)32-25(20-44-40-32)10-5-8-24-9-6-12-28-31(24)26(19-36)33(37)46-28;2*1-2/h18,20,22-24,27H,5-17,21,37H2,1-4H3;1-2H3;2H,1H3/t23-,24?,27?;;/m0../s1. The number of hydrogen-bond acceptors (Lipinski definition) is 12. The minimum Gasteiger partial charge on any atom is -0.473 e. The van der Waals surface area contributed by atoms with Crippen LogP contribution >= 0.6 is 11.3 Å². The maximum atomic E-state index is 9.78. The van der Waals surface area contributed by atoms with Crippen molar-refractivity contribution in [1.82, 2.24) is 24.9 Å². The number of nitrogen functional groups attached to an aromatic ring is 1. The lowest BCUT2D eigenvalue weighted by molar-refractivity contribution is 0.115. The van der Waals surface area contributed by atoms with Gasteiger partial charge in [-0.1, -0.05) is 19.0 Å². The number of aliphatic hydroxyl groups is 1. The quantitative estimate of drug-likeness (QED) is 0.234. The molecule has 3 aromatic heterocycles. The Balaban J connectivity index is 0.00000117. The zero-order chi connectivity index (χ0) is 36.0. The van der Waals surface area contributed by atoms with E-state index in [-0.39, 0.29) is 11.6 Å². The number of nitrogens with zero attached hydrogens (tertiary/aromatic N) is 7. The Morgan fingerprint density at radius 1 is 1.14 bits per heavy atom. The highest BCUT2D eigenvalue weighted by Gasteiger charge is 2.52. The van der Waals surface area contributed by atoms with E-state index in [1.807, 2.05) is 19.9 Å². The maximum Gasteiger partial charge on any atom is 0.219 e. The summed E-state index contributed by atoms with van der Waals surface area (Å²) in [5.74, 6) is 2.44. The van der Waals surface area contributed by atoms with Crippen LogP contribution < -0.4 is 15.4 Å². The molecule has 4 aliphatic rings. The molecule has 3 fully saturated rings. The molecular weight excluding hydrogens is 649 g/mol. The number of fused-ring (bicyclic) bond motifs is 1. The van der Waals surface area contributed by atoms with Crippen LogP contribution in [0.4, 0.5) is 10.8 Å². The summed E-state index contributed by atoms with van der Waals surface area (Å²) >= 11 is 1.60. The summed E-state index contributed by atoms with van der Waals surface area (Å²) in [6.07, 6.45) is 12.6. The van der Waals surface area contributed by atoms with Gasteiger partial charge in [0.05, 0.1) is 5.56 Å². The van der Waals surface area contributed by atoms with Gasteiger partial charge in [-0.25, -0.2) is 4.98 Å². The number of likely N-dealkylation sites (tertiary alicyclic amines) is 1. The van der Waals surface area contributed by atoms with Crippen LogP contribution in [0.15, 0.2) is 16.9 Å². The third-order valence-corrected chi connectivity index (χ3v) is 12.1. The van der Waals surface area contributed by atoms with Crippen LogP contribution in [0.2, 0.25) is 0 Å². The van der Waals surface area contributed by atoms with Crippen molar-refractivity contribution in [2.45, 2.75) is 128 Å². The number of ether oxygens (including phenoxy) is 1. The number of hydrogen-bond donors (Lipinski definition) is 2. The molecule has 12 heteroatoms. The normalized spacial score (nSPS) is 21.9. The van der Waals surface area contributed by atoms with Gasteiger partial charge >= 0.3 is 0 Å². The number of rotatable bonds is 10. The van der Waals surface area contributed by atoms with Crippen molar-refractivity contribution in [3.05, 3.63) is 33.9 Å². The average Bonchev–Trinajstić information content (AvgIpc) is 3.42. The predicted octanol–water partition coefficient (Wildman–Crippen LogP) is 6.65. The molecule has 11 nitrogen and oxygen atoms in total. The van der Waals surface area contributed by atoms with Gasteiger partial charge < -0.3 is 25.0 Å². The number of piperazine rings is 1. The highest BCUT2D eigenvalue weighted by Crippen LogP contribution is 2.47. The average molecular weight is 707 g/mol. The van der Waals surface area contributed by atoms with E-state index in [0.29, 0.717) is 46.0 Å². The number of anilines is 2. The molecule has 3 atom stereocenters. The molecule has 0 radical (unpaired) electrons. The van der Waals surface area contributed by atoms with Gasteiger partial charge in [-0.2, -0.15) is 10.2 Å². The van der Waals surface area contributed by atoms with E-state index >= 15 is 0 Å². The van der Waals surface area contributed by atoms with Crippen molar-refractivity contribution >= 4 is 22.2 Å². The minimum atomic E-state index is 0.0114. The second-order valence-electron chi connectivity index (χ2n) is 14.3. The SMILES string of the molecule is CC.CC(C)N1CCN(c2cc(O[C@@H](C)C3CCCN3C)nc(-c3nocc3CCCC3CCCc4sc(N)c(C#N)c43)n2)CC12CC2.CO. The molecule has 274 valence electrons. The molecule has 2 aliphatic heterocycles. The molecule has 0 amide bonds. The summed E-state index contributed by atoms with van der Waals surface area (Å²) in [5, 5.41) is 21.9. The van der Waals surface area contributed by atoms with Crippen molar-refractivity contribution in [3.8, 4) is 23.5 Å². The molecule has 2 saturated heterocycles. The second-order valence-corrected chi connectivity index (χ2v) is 15.4. The number of aromatic nitrogens is 3. The topological polar surface area (TPSA) is 141 Å². The first-order valence-electron chi connectivity index (χ1n) is 18.7. The van der Waals surface area contributed by atoms with Gasteiger partial charge in [-0.3, -0.25) is 9.80 Å². The third kappa shape index (κ3) is 7.96. The molecule has 3 aromatic rings. The van der Waals surface area contributed by atoms with Crippen LogP contribution in [0.3, 0.4) is 0 Å². The second kappa shape index (κ2) is 16.9. The highest BCUT2D eigenvalue weighted by molar-refractivity contribution is 7.16. The van der Waals surface area contributed by atoms with Crippen LogP contribution in [-0.2, 0) is 12.8 Å². The zero-order valence-corrected chi connectivity index (χ0v) is 32.1. The van der Waals surface area contributed by atoms with Crippen molar-refractivity contribution in [3.63, 3.8) is 0 Å². The van der Waals surface area contributed by atoms with Crippen LogP contribution in [0.5, 0.6) is 5.88 Å². The monoisotopic (exact) mass is 706 g/mol. The van der Waals surface area contributed by atoms with E-state index in [2.05, 4.69) is 53.7 Å². The molecule has 2 unspecified atom stereocenters. The van der Waals surface area contributed by atoms with Crippen molar-refractivity contribution < 1.29 is 14.4 Å². The van der Waals surface area contributed by atoms with Crippen molar-refractivity contribution in [1.29, 1.82) is 5.26 Å². The Bertz CT molecular complexity index is 1590. The molecule has 2 aliphatic carbocycles. The Labute approximate surface area is 302 Å². The first kappa shape index (κ1) is 38.0. The molecule has 1 spiro atoms. The molecular formula is C38H58N8O3S. The molecule has 0 bridgehead atoms. The van der Waals surface area contributed by atoms with Crippen LogP contribution in [0, 0.1) is 11.3 Å². The molecule has 5 heterocycles. The number of thiophene rings is 1. The van der Waals surface area contributed by atoms with Gasteiger partial charge in [0.15, 0.2) is 11.5 Å². The maximum absolute atomic E-state index is 9.78. The van der Waals surface area contributed by atoms with Gasteiger partial charge in [-0.05, 0) is 110 Å². The lowest BCUT2D eigenvalue weighted by Crippen LogP contribution is -2.57. The predicted molar refractivity (Wildman–Crippen MR) is 201 cm³/mol. The van der Waals surface area contributed by atoms with E-state index in [9.17, 15) is 5.26 Å². The smallest absolute Gasteiger partial charge is 0.219 e. The fourth-order valence-corrected chi connectivity index (χ4v) is 9.61. The molecule has 50 heavy (non-hydrogen) atoms. The summed E-state index contributed by atoms with van der Waals surface area (Å²) in [6.45, 7) is 14.8. The lowest BCUT2D eigenvalue weighted by atomic mass is 9.82. The number of aliphatic hydroxyl groups excluding tert-OH is 1. The Hall–Kier alpha value is -3.24. The largest absolute Gasteiger partial charge is 0.473 e. The molecule has 3 N–H and O–H groups in total. The summed E-state index contributed by atoms with van der Waals surface area (Å²) in [6, 6.07) is 5.32. The van der Waals surface area contributed by atoms with E-state index in [1.165, 1.54) is 29.7 Å². The van der Waals surface area contributed by atoms with E-state index in [4.69, 9.17) is 30.1 Å². The van der Waals surface area contributed by atoms with Crippen LogP contribution in [-0.4, -0.2) is 94.1 Å². The molecule has 7 rings (SSSR count). The summed E-state index contributed by atoms with van der Waals surface area (Å²) in [4.78, 5) is 18.9. The zero-order valence-electron chi connectivity index (χ0n) is 31.2. The van der Waals surface area contributed by atoms with Crippen molar-refractivity contribution in [2.75, 3.05) is 51.0 Å². The summed E-state index contributed by atoms with van der Waals surface area (Å²) in [7, 11) is 3.18. The van der Waals surface area contributed by atoms with Crippen LogP contribution in [0.25, 0.3) is 11.5 Å². The van der Waals surface area contributed by atoms with Gasteiger partial charge in [0.25, 0.3) is 0 Å². The first-order chi connectivity index (χ1) is 24.3. The first-order valence-corrected chi connectivity index (χ1v) is 19.5. The lowest BCUT2D eigenvalue weighted by Gasteiger charge is -2.44. The van der Waals surface area contributed by atoms with E-state index < -0.39 is 0 Å². The van der Waals surface area contributed by atoms with E-state index in [1.54, 1.807) is 17.6 Å². The summed E-state index contributed by atoms with van der Waals surface area (Å²) < 4.78 is 12.2. The van der Waals surface area contributed by atoms with Gasteiger partial charge in [0.2, 0.25) is 5.88 Å². The fourth-order valence-electron chi connectivity index (χ4n) is 8.46. The van der Waals surface area contributed by atoms with Crippen molar-refractivity contribution in [2.24, 2.45) is 0 Å². The number of nitrogens with two attached hydrogens (primary N) is 1. The van der Waals surface area contributed by atoms with Gasteiger partial charge in [0.1, 0.15) is 29.3 Å². The van der Waals surface area contributed by atoms with Gasteiger partial charge in [-0.15, -0.1) is 11.3 Å². The molecule has 1 saturated carbocycles. The number of aryl methyl sites for hydroxylation is 2. The Morgan fingerprint density at radius 3 is 2.60 bits per heavy atom. The Morgan fingerprint density at radius 2 is 1.92 bits per heavy atom. The third-order valence-electron chi connectivity index (χ3n) is 11.0. The Kier molecular flexibility index (Phi) is 12.8. The number of likely N-dealkylation sites (N-methyl/N-ethyl adjacent to an activating group) is 1. The molecule has 0 aromatic carbocycles. The van der Waals surface area contributed by atoms with Crippen LogP contribution in [0.1, 0.15) is 113 Å². The minimum absolute atomic E-state index is 0.0114. The highest BCUT2D eigenvalue weighted by atomic mass is 32.1. The number of nitriles is 1. The van der Waals surface area contributed by atoms with E-state index in [0.717, 1.165) is 89.6 Å². The fraction of sp³-hybridized carbons (Fsp3) is 0.684.